The van der Waals surface area contributed by atoms with Gasteiger partial charge < -0.3 is 0 Å². The van der Waals surface area contributed by atoms with Gasteiger partial charge in [0.2, 0.25) is 0 Å². The van der Waals surface area contributed by atoms with Crippen molar-refractivity contribution in [2.24, 2.45) is 0 Å². The fraction of sp³-hybridized carbons (Fsp3) is 0.0769. The van der Waals surface area contributed by atoms with Crippen molar-refractivity contribution in [1.29, 1.82) is 0 Å². The first-order valence-electron chi connectivity index (χ1n) is 14.2. The summed E-state index contributed by atoms with van der Waals surface area (Å²) in [6, 6.07) is 47.3. The minimum atomic E-state index is -0.101. The monoisotopic (exact) mass is 524 g/mol. The van der Waals surface area contributed by atoms with Gasteiger partial charge in [-0.05, 0) is 50.7 Å². The molecule has 0 bridgehead atoms. The van der Waals surface area contributed by atoms with Crippen LogP contribution in [0.5, 0.6) is 0 Å². The van der Waals surface area contributed by atoms with Gasteiger partial charge >= 0.3 is 0 Å². The zero-order valence-electron chi connectivity index (χ0n) is 23.1. The van der Waals surface area contributed by atoms with Gasteiger partial charge in [0, 0.05) is 22.1 Å². The van der Waals surface area contributed by atoms with Crippen molar-refractivity contribution in [3.63, 3.8) is 0 Å². The number of para-hydroxylation sites is 1. The first-order valence-corrected chi connectivity index (χ1v) is 14.2. The van der Waals surface area contributed by atoms with E-state index in [4.69, 9.17) is 9.97 Å². The molecule has 1 aliphatic rings. The lowest BCUT2D eigenvalue weighted by atomic mass is 9.80. The first kappa shape index (κ1) is 23.8. The molecule has 0 N–H and O–H groups in total. The van der Waals surface area contributed by atoms with Gasteiger partial charge in [0.25, 0.3) is 0 Å². The molecule has 2 nitrogen and oxygen atoms in total. The lowest BCUT2D eigenvalue weighted by Crippen LogP contribution is -2.15. The summed E-state index contributed by atoms with van der Waals surface area (Å²) in [7, 11) is 0. The quantitative estimate of drug-likeness (QED) is 0.230. The molecule has 41 heavy (non-hydrogen) atoms. The Morgan fingerprint density at radius 3 is 1.85 bits per heavy atom. The fourth-order valence-electron chi connectivity index (χ4n) is 6.66. The summed E-state index contributed by atoms with van der Waals surface area (Å²) >= 11 is 0. The van der Waals surface area contributed by atoms with Crippen LogP contribution in [0, 0.1) is 0 Å². The molecule has 1 heterocycles. The molecule has 0 saturated heterocycles. The Morgan fingerprint density at radius 2 is 1.10 bits per heavy atom. The van der Waals surface area contributed by atoms with E-state index in [0.29, 0.717) is 0 Å². The van der Waals surface area contributed by atoms with Gasteiger partial charge in [-0.1, -0.05) is 135 Å². The summed E-state index contributed by atoms with van der Waals surface area (Å²) in [6.45, 7) is 4.69. The predicted molar refractivity (Wildman–Crippen MR) is 171 cm³/mol. The van der Waals surface area contributed by atoms with E-state index in [1.807, 2.05) is 12.1 Å². The van der Waals surface area contributed by atoms with Crippen molar-refractivity contribution in [3.8, 4) is 44.8 Å². The van der Waals surface area contributed by atoms with Gasteiger partial charge in [-0.25, -0.2) is 9.97 Å². The van der Waals surface area contributed by atoms with Gasteiger partial charge in [0.15, 0.2) is 0 Å². The maximum atomic E-state index is 5.46. The highest BCUT2D eigenvalue weighted by molar-refractivity contribution is 6.12. The van der Waals surface area contributed by atoms with E-state index < -0.39 is 0 Å². The molecule has 194 valence electrons. The van der Waals surface area contributed by atoms with Gasteiger partial charge in [-0.3, -0.25) is 0 Å². The summed E-state index contributed by atoms with van der Waals surface area (Å²) in [4.78, 5) is 10.8. The Morgan fingerprint density at radius 1 is 0.488 bits per heavy atom. The Labute approximate surface area is 240 Å². The van der Waals surface area contributed by atoms with Crippen LogP contribution in [0.3, 0.4) is 0 Å². The minimum absolute atomic E-state index is 0.101. The van der Waals surface area contributed by atoms with Crippen LogP contribution in [-0.2, 0) is 5.41 Å². The average molecular weight is 525 g/mol. The van der Waals surface area contributed by atoms with Crippen molar-refractivity contribution in [3.05, 3.63) is 145 Å². The summed E-state index contributed by atoms with van der Waals surface area (Å²) in [5.74, 6) is 0. The molecule has 0 amide bonds. The third kappa shape index (κ3) is 3.57. The molecule has 8 rings (SSSR count). The predicted octanol–water partition coefficient (Wildman–Crippen LogP) is 10.1. The lowest BCUT2D eigenvalue weighted by Gasteiger charge is -2.23. The van der Waals surface area contributed by atoms with E-state index in [0.717, 1.165) is 39.1 Å². The molecule has 0 unspecified atom stereocenters. The number of aromatic nitrogens is 2. The van der Waals surface area contributed by atoms with E-state index in [2.05, 4.69) is 135 Å². The van der Waals surface area contributed by atoms with Crippen LogP contribution < -0.4 is 0 Å². The second-order valence-electron chi connectivity index (χ2n) is 11.4. The standard InChI is InChI=1S/C39H28N2/c1-39(2)31-22-12-11-20-29(31)35-32(39)24-27-18-9-10-19-28(27)34(35)30-21-13-23-33-38(30)41-37(26-16-7-4-8-17-26)36(40-33)25-14-5-3-6-15-25/h3-24H,1-2H3. The van der Waals surface area contributed by atoms with Crippen LogP contribution in [0.25, 0.3) is 66.6 Å². The SMILES string of the molecule is CC1(C)c2ccccc2-c2c1cc1ccccc1c2-c1cccc2nc(-c3ccccc3)c(-c3ccccc3)nc12. The number of rotatable bonds is 3. The van der Waals surface area contributed by atoms with Crippen molar-refractivity contribution in [1.82, 2.24) is 9.97 Å². The van der Waals surface area contributed by atoms with Crippen LogP contribution in [0.4, 0.5) is 0 Å². The van der Waals surface area contributed by atoms with Gasteiger partial charge in [-0.15, -0.1) is 0 Å². The second-order valence-corrected chi connectivity index (χ2v) is 11.4. The molecule has 2 heteroatoms. The zero-order chi connectivity index (χ0) is 27.6. The second kappa shape index (κ2) is 8.97. The Hall–Kier alpha value is -5.08. The molecule has 0 spiro atoms. The van der Waals surface area contributed by atoms with Gasteiger partial charge in [0.05, 0.1) is 22.4 Å². The molecule has 6 aromatic carbocycles. The Kier molecular flexibility index (Phi) is 5.20. The fourth-order valence-corrected chi connectivity index (χ4v) is 6.66. The summed E-state index contributed by atoms with van der Waals surface area (Å²) in [6.07, 6.45) is 0. The van der Waals surface area contributed by atoms with Crippen LogP contribution in [-0.4, -0.2) is 9.97 Å². The number of hydrogen-bond donors (Lipinski definition) is 0. The van der Waals surface area contributed by atoms with Crippen LogP contribution in [0.15, 0.2) is 133 Å². The third-order valence-electron chi connectivity index (χ3n) is 8.65. The van der Waals surface area contributed by atoms with Crippen LogP contribution in [0.2, 0.25) is 0 Å². The highest BCUT2D eigenvalue weighted by Crippen LogP contribution is 2.54. The van der Waals surface area contributed by atoms with Crippen molar-refractivity contribution in [2.75, 3.05) is 0 Å². The minimum Gasteiger partial charge on any atom is -0.244 e. The molecular formula is C39H28N2. The summed E-state index contributed by atoms with van der Waals surface area (Å²) in [5, 5.41) is 2.48. The maximum absolute atomic E-state index is 5.46. The smallest absolute Gasteiger partial charge is 0.0973 e. The van der Waals surface area contributed by atoms with E-state index in [1.54, 1.807) is 0 Å². The van der Waals surface area contributed by atoms with Crippen LogP contribution in [0.1, 0.15) is 25.0 Å². The molecule has 1 aliphatic carbocycles. The summed E-state index contributed by atoms with van der Waals surface area (Å²) in [5.41, 5.74) is 13.3. The van der Waals surface area contributed by atoms with Crippen molar-refractivity contribution >= 4 is 21.8 Å². The van der Waals surface area contributed by atoms with Gasteiger partial charge in [-0.2, -0.15) is 0 Å². The third-order valence-corrected chi connectivity index (χ3v) is 8.65. The van der Waals surface area contributed by atoms with Gasteiger partial charge in [0.1, 0.15) is 0 Å². The van der Waals surface area contributed by atoms with Crippen molar-refractivity contribution < 1.29 is 0 Å². The number of benzene rings is 6. The zero-order valence-corrected chi connectivity index (χ0v) is 23.1. The molecule has 0 fully saturated rings. The highest BCUT2D eigenvalue weighted by atomic mass is 14.8. The van der Waals surface area contributed by atoms with E-state index >= 15 is 0 Å². The number of fused-ring (bicyclic) bond motifs is 5. The number of nitrogens with zero attached hydrogens (tertiary/aromatic N) is 2. The first-order chi connectivity index (χ1) is 20.1. The van der Waals surface area contributed by atoms with E-state index in [9.17, 15) is 0 Å². The van der Waals surface area contributed by atoms with E-state index in [1.165, 1.54) is 38.6 Å². The summed E-state index contributed by atoms with van der Waals surface area (Å²) < 4.78 is 0. The number of hydrogen-bond acceptors (Lipinski definition) is 2. The Bertz CT molecular complexity index is 2110. The molecular weight excluding hydrogens is 496 g/mol. The largest absolute Gasteiger partial charge is 0.244 e. The Balaban J connectivity index is 1.51. The average Bonchev–Trinajstić information content (AvgIpc) is 3.26. The maximum Gasteiger partial charge on any atom is 0.0973 e. The van der Waals surface area contributed by atoms with E-state index in [-0.39, 0.29) is 5.41 Å². The molecule has 0 aliphatic heterocycles. The molecule has 7 aromatic rings. The molecule has 1 aromatic heterocycles. The van der Waals surface area contributed by atoms with Crippen LogP contribution >= 0.6 is 0 Å². The topological polar surface area (TPSA) is 25.8 Å². The molecule has 0 saturated carbocycles. The molecule has 0 atom stereocenters. The van der Waals surface area contributed by atoms with Crippen molar-refractivity contribution in [2.45, 2.75) is 19.3 Å². The lowest BCUT2D eigenvalue weighted by molar-refractivity contribution is 0.661. The molecule has 0 radical (unpaired) electrons. The normalized spacial score (nSPS) is 13.3. The highest BCUT2D eigenvalue weighted by Gasteiger charge is 2.38.